The Labute approximate surface area is 139 Å². The Morgan fingerprint density at radius 3 is 2.75 bits per heavy atom. The van der Waals surface area contributed by atoms with Crippen LogP contribution in [0.2, 0.25) is 0 Å². The minimum atomic E-state index is 0. The van der Waals surface area contributed by atoms with Crippen molar-refractivity contribution in [3.63, 3.8) is 0 Å². The molecule has 2 N–H and O–H groups in total. The van der Waals surface area contributed by atoms with E-state index in [9.17, 15) is 0 Å². The maximum Gasteiger partial charge on any atom is 0.191 e. The van der Waals surface area contributed by atoms with Crippen molar-refractivity contribution in [3.05, 3.63) is 35.4 Å². The van der Waals surface area contributed by atoms with E-state index >= 15 is 0 Å². The summed E-state index contributed by atoms with van der Waals surface area (Å²) in [6.07, 6.45) is 3.89. The first kappa shape index (κ1) is 17.3. The summed E-state index contributed by atoms with van der Waals surface area (Å²) in [7, 11) is 1.84. The van der Waals surface area contributed by atoms with Crippen LogP contribution in [-0.4, -0.2) is 19.0 Å². The fraction of sp³-hybridized carbons (Fsp3) is 0.562. The summed E-state index contributed by atoms with van der Waals surface area (Å²) in [4.78, 5) is 4.30. The lowest BCUT2D eigenvalue weighted by molar-refractivity contribution is 0.655. The Morgan fingerprint density at radius 2 is 2.10 bits per heavy atom. The number of halogens is 1. The van der Waals surface area contributed by atoms with E-state index in [0.29, 0.717) is 6.04 Å². The molecule has 0 radical (unpaired) electrons. The lowest BCUT2D eigenvalue weighted by atomic mass is 10.1. The van der Waals surface area contributed by atoms with E-state index in [2.05, 4.69) is 53.7 Å². The van der Waals surface area contributed by atoms with Gasteiger partial charge in [0.05, 0.1) is 0 Å². The monoisotopic (exact) mass is 387 g/mol. The molecule has 1 aliphatic rings. The third kappa shape index (κ3) is 4.96. The van der Waals surface area contributed by atoms with E-state index in [4.69, 9.17) is 0 Å². The second-order valence-electron chi connectivity index (χ2n) is 5.39. The van der Waals surface area contributed by atoms with Crippen LogP contribution in [0.4, 0.5) is 0 Å². The van der Waals surface area contributed by atoms with E-state index < -0.39 is 0 Å². The minimum absolute atomic E-state index is 0. The molecule has 1 fully saturated rings. The third-order valence-corrected chi connectivity index (χ3v) is 3.84. The summed E-state index contributed by atoms with van der Waals surface area (Å²) in [5.41, 5.74) is 2.65. The van der Waals surface area contributed by atoms with E-state index in [1.165, 1.54) is 30.4 Å². The summed E-state index contributed by atoms with van der Waals surface area (Å²) in [5, 5.41) is 6.90. The highest BCUT2D eigenvalue weighted by Gasteiger charge is 2.36. The predicted molar refractivity (Wildman–Crippen MR) is 96.7 cm³/mol. The number of rotatable bonds is 5. The van der Waals surface area contributed by atoms with Gasteiger partial charge in [0.2, 0.25) is 0 Å². The van der Waals surface area contributed by atoms with Gasteiger partial charge in [-0.15, -0.1) is 24.0 Å². The van der Waals surface area contributed by atoms with Crippen molar-refractivity contribution in [3.8, 4) is 0 Å². The maximum atomic E-state index is 4.30. The number of hydrogen-bond donors (Lipinski definition) is 2. The zero-order valence-electron chi connectivity index (χ0n) is 12.6. The van der Waals surface area contributed by atoms with Crippen LogP contribution >= 0.6 is 24.0 Å². The van der Waals surface area contributed by atoms with Crippen LogP contribution in [-0.2, 0) is 6.54 Å². The van der Waals surface area contributed by atoms with Gasteiger partial charge in [-0.25, -0.2) is 0 Å². The van der Waals surface area contributed by atoms with Crippen molar-refractivity contribution in [2.45, 2.75) is 45.7 Å². The Balaban J connectivity index is 0.00000200. The molecule has 0 amide bonds. The van der Waals surface area contributed by atoms with Crippen LogP contribution in [0, 0.1) is 12.8 Å². The molecule has 0 bridgehead atoms. The maximum absolute atomic E-state index is 4.30. The van der Waals surface area contributed by atoms with E-state index in [0.717, 1.165) is 18.4 Å². The molecule has 2 rings (SSSR count). The van der Waals surface area contributed by atoms with Gasteiger partial charge in [-0.2, -0.15) is 0 Å². The number of aryl methyl sites for hydroxylation is 1. The normalized spacial score (nSPS) is 21.1. The second kappa shape index (κ2) is 8.49. The van der Waals surface area contributed by atoms with Crippen molar-refractivity contribution >= 4 is 29.9 Å². The van der Waals surface area contributed by atoms with Crippen molar-refractivity contribution in [1.82, 2.24) is 10.6 Å². The van der Waals surface area contributed by atoms with Crippen molar-refractivity contribution in [2.75, 3.05) is 7.05 Å². The highest BCUT2D eigenvalue weighted by Crippen LogP contribution is 2.34. The zero-order chi connectivity index (χ0) is 13.7. The first-order valence-corrected chi connectivity index (χ1v) is 7.26. The predicted octanol–water partition coefficient (Wildman–Crippen LogP) is 3.47. The lowest BCUT2D eigenvalue weighted by Gasteiger charge is -2.13. The van der Waals surface area contributed by atoms with Gasteiger partial charge in [0, 0.05) is 19.6 Å². The van der Waals surface area contributed by atoms with Crippen LogP contribution < -0.4 is 10.6 Å². The number of hydrogen-bond acceptors (Lipinski definition) is 1. The molecule has 2 atom stereocenters. The molecule has 1 aliphatic carbocycles. The highest BCUT2D eigenvalue weighted by atomic mass is 127. The number of nitrogens with zero attached hydrogens (tertiary/aromatic N) is 1. The molecule has 0 heterocycles. The average molecular weight is 387 g/mol. The van der Waals surface area contributed by atoms with Gasteiger partial charge < -0.3 is 10.6 Å². The molecule has 0 aromatic heterocycles. The molecule has 112 valence electrons. The van der Waals surface area contributed by atoms with Gasteiger partial charge in [0.1, 0.15) is 0 Å². The molecule has 1 aromatic rings. The summed E-state index contributed by atoms with van der Waals surface area (Å²) >= 11 is 0. The molecule has 1 aromatic carbocycles. The van der Waals surface area contributed by atoms with Crippen LogP contribution in [0.1, 0.15) is 37.3 Å². The number of benzene rings is 1. The van der Waals surface area contributed by atoms with Gasteiger partial charge >= 0.3 is 0 Å². The van der Waals surface area contributed by atoms with Gasteiger partial charge in [0.15, 0.2) is 5.96 Å². The molecule has 0 aliphatic heterocycles. The van der Waals surface area contributed by atoms with Gasteiger partial charge in [0.25, 0.3) is 0 Å². The zero-order valence-corrected chi connectivity index (χ0v) is 15.0. The van der Waals surface area contributed by atoms with Gasteiger partial charge in [-0.3, -0.25) is 4.99 Å². The van der Waals surface area contributed by atoms with Crippen LogP contribution in [0.25, 0.3) is 0 Å². The third-order valence-electron chi connectivity index (χ3n) is 3.84. The van der Waals surface area contributed by atoms with E-state index in [1.807, 2.05) is 7.05 Å². The van der Waals surface area contributed by atoms with Crippen LogP contribution in [0.3, 0.4) is 0 Å². The summed E-state index contributed by atoms with van der Waals surface area (Å²) in [5.74, 6) is 1.77. The quantitative estimate of drug-likeness (QED) is 0.461. The minimum Gasteiger partial charge on any atom is -0.353 e. The van der Waals surface area contributed by atoms with Crippen molar-refractivity contribution < 1.29 is 0 Å². The average Bonchev–Trinajstić information content (AvgIpc) is 3.14. The standard InChI is InChI=1S/C16H25N3.HI/c1-4-7-13-10-15(13)19-16(17-3)18-11-14-9-6-5-8-12(14)2;/h5-6,8-9,13,15H,4,7,10-11H2,1-3H3,(H2,17,18,19);1H. The summed E-state index contributed by atoms with van der Waals surface area (Å²) < 4.78 is 0. The molecule has 20 heavy (non-hydrogen) atoms. The first-order valence-electron chi connectivity index (χ1n) is 7.26. The van der Waals surface area contributed by atoms with E-state index in [1.54, 1.807) is 0 Å². The van der Waals surface area contributed by atoms with Crippen LogP contribution in [0.5, 0.6) is 0 Å². The fourth-order valence-corrected chi connectivity index (χ4v) is 2.47. The number of guanidine groups is 1. The SMILES string of the molecule is CCCC1CC1NC(=NC)NCc1ccccc1C.I. The van der Waals surface area contributed by atoms with Gasteiger partial charge in [-0.1, -0.05) is 37.6 Å². The Morgan fingerprint density at radius 1 is 1.35 bits per heavy atom. The summed E-state index contributed by atoms with van der Waals surface area (Å²) in [6.45, 7) is 5.23. The Bertz CT molecular complexity index is 445. The van der Waals surface area contributed by atoms with Crippen LogP contribution in [0.15, 0.2) is 29.3 Å². The van der Waals surface area contributed by atoms with E-state index in [-0.39, 0.29) is 24.0 Å². The first-order chi connectivity index (χ1) is 9.24. The topological polar surface area (TPSA) is 36.4 Å². The molecule has 3 nitrogen and oxygen atoms in total. The number of nitrogens with one attached hydrogen (secondary N) is 2. The molecule has 2 unspecified atom stereocenters. The fourth-order valence-electron chi connectivity index (χ4n) is 2.47. The summed E-state index contributed by atoms with van der Waals surface area (Å²) in [6, 6.07) is 9.09. The largest absolute Gasteiger partial charge is 0.353 e. The molecular weight excluding hydrogens is 361 g/mol. The molecule has 4 heteroatoms. The lowest BCUT2D eigenvalue weighted by Crippen LogP contribution is -2.38. The van der Waals surface area contributed by atoms with Gasteiger partial charge in [-0.05, 0) is 36.8 Å². The molecular formula is C16H26IN3. The van der Waals surface area contributed by atoms with Crippen molar-refractivity contribution in [1.29, 1.82) is 0 Å². The van der Waals surface area contributed by atoms with Crippen molar-refractivity contribution in [2.24, 2.45) is 10.9 Å². The number of aliphatic imine (C=N–C) groups is 1. The Kier molecular flexibility index (Phi) is 7.34. The smallest absolute Gasteiger partial charge is 0.191 e. The second-order valence-corrected chi connectivity index (χ2v) is 5.39. The molecule has 0 saturated heterocycles. The molecule has 0 spiro atoms. The Hall–Kier alpha value is -0.780. The molecule has 1 saturated carbocycles. The highest BCUT2D eigenvalue weighted by molar-refractivity contribution is 14.0.